The van der Waals surface area contributed by atoms with Crippen molar-refractivity contribution >= 4 is 0 Å². The molecule has 1 fully saturated rings. The largest absolute Gasteiger partial charge is 0.325 e. The Kier molecular flexibility index (Phi) is 3.93. The average molecular weight is 223 g/mol. The Bertz CT molecular complexity index is 314. The summed E-state index contributed by atoms with van der Waals surface area (Å²) in [4.78, 5) is 4.87. The van der Waals surface area contributed by atoms with E-state index in [1.54, 1.807) is 0 Å². The topological polar surface area (TPSA) is 61.2 Å². The Balaban J connectivity index is 1.74. The lowest BCUT2D eigenvalue weighted by molar-refractivity contribution is 0.155. The van der Waals surface area contributed by atoms with Gasteiger partial charge in [-0.2, -0.15) is 5.10 Å². The number of aromatic amines is 1. The Morgan fingerprint density at radius 2 is 2.12 bits per heavy atom. The maximum absolute atomic E-state index is 5.53. The molecule has 1 aliphatic rings. The van der Waals surface area contributed by atoms with Crippen molar-refractivity contribution < 1.29 is 0 Å². The van der Waals surface area contributed by atoms with Crippen molar-refractivity contribution in [1.29, 1.82) is 0 Å². The van der Waals surface area contributed by atoms with Gasteiger partial charge in [-0.15, -0.1) is 0 Å². The van der Waals surface area contributed by atoms with E-state index < -0.39 is 0 Å². The van der Waals surface area contributed by atoms with Crippen LogP contribution >= 0.6 is 0 Å². The van der Waals surface area contributed by atoms with Gasteiger partial charge in [0, 0.05) is 51.4 Å². The van der Waals surface area contributed by atoms with Gasteiger partial charge >= 0.3 is 0 Å². The van der Waals surface area contributed by atoms with Crippen molar-refractivity contribution in [3.63, 3.8) is 0 Å². The molecule has 0 aliphatic carbocycles. The molecule has 0 amide bonds. The summed E-state index contributed by atoms with van der Waals surface area (Å²) in [6.07, 6.45) is 1.01. The van der Waals surface area contributed by atoms with Crippen molar-refractivity contribution in [3.05, 3.63) is 17.5 Å². The highest BCUT2D eigenvalue weighted by Gasteiger charge is 2.13. The molecule has 90 valence electrons. The van der Waals surface area contributed by atoms with Crippen LogP contribution in [0.2, 0.25) is 0 Å². The van der Waals surface area contributed by atoms with Crippen LogP contribution in [0.1, 0.15) is 11.4 Å². The Hall–Kier alpha value is -0.910. The van der Waals surface area contributed by atoms with E-state index in [1.807, 2.05) is 0 Å². The molecule has 1 aromatic rings. The smallest absolute Gasteiger partial charge is 0.0638 e. The summed E-state index contributed by atoms with van der Waals surface area (Å²) in [6.45, 7) is 6.34. The van der Waals surface area contributed by atoms with Crippen LogP contribution in [-0.4, -0.2) is 59.8 Å². The normalized spacial score (nSPS) is 19.1. The molecule has 5 heteroatoms. The summed E-state index contributed by atoms with van der Waals surface area (Å²) in [5.74, 6) is 0. The lowest BCUT2D eigenvalue weighted by atomic mass is 10.2. The number of likely N-dealkylation sites (N-methyl/N-ethyl adjacent to an activating group) is 1. The van der Waals surface area contributed by atoms with Crippen molar-refractivity contribution in [2.24, 2.45) is 5.73 Å². The molecule has 0 unspecified atom stereocenters. The zero-order chi connectivity index (χ0) is 11.4. The number of hydrogen-bond acceptors (Lipinski definition) is 4. The fourth-order valence-electron chi connectivity index (χ4n) is 1.99. The first-order valence-electron chi connectivity index (χ1n) is 5.92. The molecule has 2 heterocycles. The van der Waals surface area contributed by atoms with Gasteiger partial charge in [-0.3, -0.25) is 5.10 Å². The molecule has 16 heavy (non-hydrogen) atoms. The minimum absolute atomic E-state index is 0.543. The Morgan fingerprint density at radius 1 is 1.38 bits per heavy atom. The second-order valence-corrected chi connectivity index (χ2v) is 4.48. The van der Waals surface area contributed by atoms with Crippen LogP contribution in [-0.2, 0) is 13.0 Å². The van der Waals surface area contributed by atoms with E-state index in [0.29, 0.717) is 6.54 Å². The average Bonchev–Trinajstić information content (AvgIpc) is 2.76. The predicted molar refractivity (Wildman–Crippen MR) is 64.1 cm³/mol. The van der Waals surface area contributed by atoms with Crippen LogP contribution in [0.25, 0.3) is 0 Å². The third-order valence-corrected chi connectivity index (χ3v) is 3.18. The van der Waals surface area contributed by atoms with Crippen LogP contribution in [0.3, 0.4) is 0 Å². The number of piperazine rings is 1. The van der Waals surface area contributed by atoms with E-state index in [2.05, 4.69) is 33.1 Å². The van der Waals surface area contributed by atoms with E-state index in [0.717, 1.165) is 24.4 Å². The van der Waals surface area contributed by atoms with Crippen molar-refractivity contribution in [2.75, 3.05) is 39.8 Å². The standard InChI is InChI=1S/C11H21N5/c1-15-4-6-16(7-5-15)3-2-10-8-11(9-12)14-13-10/h8H,2-7,9,12H2,1H3,(H,13,14). The van der Waals surface area contributed by atoms with Crippen LogP contribution in [0, 0.1) is 0 Å². The second kappa shape index (κ2) is 5.43. The Morgan fingerprint density at radius 3 is 2.75 bits per heavy atom. The third kappa shape index (κ3) is 3.04. The summed E-state index contributed by atoms with van der Waals surface area (Å²) in [7, 11) is 2.18. The number of nitrogens with zero attached hydrogens (tertiary/aromatic N) is 3. The summed E-state index contributed by atoms with van der Waals surface area (Å²) in [5, 5.41) is 7.19. The minimum Gasteiger partial charge on any atom is -0.325 e. The van der Waals surface area contributed by atoms with E-state index >= 15 is 0 Å². The van der Waals surface area contributed by atoms with E-state index in [4.69, 9.17) is 5.73 Å². The number of H-pyrrole nitrogens is 1. The first-order valence-corrected chi connectivity index (χ1v) is 5.92. The molecule has 2 rings (SSSR count). The van der Waals surface area contributed by atoms with Crippen molar-refractivity contribution in [2.45, 2.75) is 13.0 Å². The van der Waals surface area contributed by atoms with Gasteiger partial charge in [0.1, 0.15) is 0 Å². The molecule has 1 aliphatic heterocycles. The molecule has 1 saturated heterocycles. The molecule has 0 spiro atoms. The summed E-state index contributed by atoms with van der Waals surface area (Å²) in [5.41, 5.74) is 7.68. The summed E-state index contributed by atoms with van der Waals surface area (Å²) in [6, 6.07) is 2.07. The van der Waals surface area contributed by atoms with E-state index in [-0.39, 0.29) is 0 Å². The van der Waals surface area contributed by atoms with Gasteiger partial charge in [-0.1, -0.05) is 0 Å². The zero-order valence-corrected chi connectivity index (χ0v) is 9.95. The lowest BCUT2D eigenvalue weighted by Gasteiger charge is -2.32. The number of nitrogens with one attached hydrogen (secondary N) is 1. The molecule has 1 aromatic heterocycles. The highest BCUT2D eigenvalue weighted by Crippen LogP contribution is 2.03. The highest BCUT2D eigenvalue weighted by atomic mass is 15.2. The van der Waals surface area contributed by atoms with Crippen LogP contribution in [0.5, 0.6) is 0 Å². The maximum atomic E-state index is 5.53. The molecule has 0 aromatic carbocycles. The van der Waals surface area contributed by atoms with Gasteiger partial charge in [0.2, 0.25) is 0 Å². The SMILES string of the molecule is CN1CCN(CCc2cc(CN)[nH]n2)CC1. The molecular weight excluding hydrogens is 202 g/mol. The third-order valence-electron chi connectivity index (χ3n) is 3.18. The predicted octanol–water partition coefficient (Wildman–Crippen LogP) is -0.342. The Labute approximate surface area is 96.6 Å². The maximum Gasteiger partial charge on any atom is 0.0638 e. The van der Waals surface area contributed by atoms with Gasteiger partial charge < -0.3 is 15.5 Å². The van der Waals surface area contributed by atoms with Crippen LogP contribution in [0.4, 0.5) is 0 Å². The molecule has 0 saturated carbocycles. The molecule has 0 bridgehead atoms. The zero-order valence-electron chi connectivity index (χ0n) is 9.95. The molecule has 0 atom stereocenters. The first-order chi connectivity index (χ1) is 7.78. The number of hydrogen-bond donors (Lipinski definition) is 2. The van der Waals surface area contributed by atoms with E-state index in [9.17, 15) is 0 Å². The number of rotatable bonds is 4. The fraction of sp³-hybridized carbons (Fsp3) is 0.727. The molecular formula is C11H21N5. The van der Waals surface area contributed by atoms with Crippen LogP contribution < -0.4 is 5.73 Å². The number of nitrogens with two attached hydrogens (primary N) is 1. The van der Waals surface area contributed by atoms with Gasteiger partial charge in [-0.25, -0.2) is 0 Å². The molecule has 3 N–H and O–H groups in total. The molecule has 5 nitrogen and oxygen atoms in total. The number of aromatic nitrogens is 2. The first kappa shape index (κ1) is 11.6. The van der Waals surface area contributed by atoms with Gasteiger partial charge in [0.15, 0.2) is 0 Å². The van der Waals surface area contributed by atoms with Crippen molar-refractivity contribution in [3.8, 4) is 0 Å². The van der Waals surface area contributed by atoms with Gasteiger partial charge in [0.25, 0.3) is 0 Å². The second-order valence-electron chi connectivity index (χ2n) is 4.48. The van der Waals surface area contributed by atoms with Gasteiger partial charge in [-0.05, 0) is 13.1 Å². The highest BCUT2D eigenvalue weighted by molar-refractivity contribution is 5.08. The van der Waals surface area contributed by atoms with Crippen molar-refractivity contribution in [1.82, 2.24) is 20.0 Å². The van der Waals surface area contributed by atoms with Crippen LogP contribution in [0.15, 0.2) is 6.07 Å². The quantitative estimate of drug-likeness (QED) is 0.733. The molecule has 0 radical (unpaired) electrons. The lowest BCUT2D eigenvalue weighted by Crippen LogP contribution is -2.45. The van der Waals surface area contributed by atoms with Gasteiger partial charge in [0.05, 0.1) is 5.69 Å². The summed E-state index contributed by atoms with van der Waals surface area (Å²) < 4.78 is 0. The minimum atomic E-state index is 0.543. The summed E-state index contributed by atoms with van der Waals surface area (Å²) >= 11 is 0. The fourth-order valence-corrected chi connectivity index (χ4v) is 1.99. The van der Waals surface area contributed by atoms with E-state index in [1.165, 1.54) is 26.2 Å². The monoisotopic (exact) mass is 223 g/mol.